The Morgan fingerprint density at radius 3 is 2.66 bits per heavy atom. The van der Waals surface area contributed by atoms with Crippen LogP contribution in [0.4, 0.5) is 11.6 Å². The third-order valence-corrected chi connectivity index (χ3v) is 6.82. The SMILES string of the molecule is CNCCCN(C)CC=Cc1[nH]c(=O)c2c(ccc3nc(Nc4c(Cl)cccc4Cl)n(C)c32)c1C. The molecule has 0 spiro atoms. The Bertz CT molecular complexity index is 1440. The Balaban J connectivity index is 1.69. The fraction of sp³-hybridized carbons (Fsp3) is 0.308. The number of para-hydroxylation sites is 1. The number of fused-ring (bicyclic) bond motifs is 3. The molecule has 0 saturated carbocycles. The predicted octanol–water partition coefficient (Wildman–Crippen LogP) is 5.33. The van der Waals surface area contributed by atoms with Crippen LogP contribution in [0.5, 0.6) is 0 Å². The summed E-state index contributed by atoms with van der Waals surface area (Å²) in [5.41, 5.74) is 3.71. The van der Waals surface area contributed by atoms with Crippen LogP contribution in [0.3, 0.4) is 0 Å². The fourth-order valence-corrected chi connectivity index (χ4v) is 4.74. The van der Waals surface area contributed by atoms with Gasteiger partial charge in [0.05, 0.1) is 32.2 Å². The number of nitrogens with one attached hydrogen (secondary N) is 3. The molecule has 2 aromatic carbocycles. The summed E-state index contributed by atoms with van der Waals surface area (Å²) in [5, 5.41) is 8.87. The molecule has 0 radical (unpaired) electrons. The van der Waals surface area contributed by atoms with E-state index in [0.29, 0.717) is 32.6 Å². The van der Waals surface area contributed by atoms with E-state index in [-0.39, 0.29) is 5.56 Å². The van der Waals surface area contributed by atoms with Crippen LogP contribution in [0, 0.1) is 6.92 Å². The van der Waals surface area contributed by atoms with Crippen LogP contribution in [0.15, 0.2) is 41.2 Å². The van der Waals surface area contributed by atoms with Crippen LogP contribution >= 0.6 is 23.2 Å². The molecular weight excluding hydrogens is 483 g/mol. The van der Waals surface area contributed by atoms with E-state index in [4.69, 9.17) is 28.2 Å². The second kappa shape index (κ2) is 10.8. The predicted molar refractivity (Wildman–Crippen MR) is 148 cm³/mol. The van der Waals surface area contributed by atoms with Gasteiger partial charge in [-0.05, 0) is 75.8 Å². The number of benzene rings is 2. The van der Waals surface area contributed by atoms with Crippen LogP contribution < -0.4 is 16.2 Å². The van der Waals surface area contributed by atoms with Crippen molar-refractivity contribution in [3.63, 3.8) is 0 Å². The quantitative estimate of drug-likeness (QED) is 0.264. The summed E-state index contributed by atoms with van der Waals surface area (Å²) in [6.45, 7) is 4.84. The van der Waals surface area contributed by atoms with E-state index in [1.54, 1.807) is 18.2 Å². The number of hydrogen-bond acceptors (Lipinski definition) is 5. The van der Waals surface area contributed by atoms with Crippen LogP contribution in [0.25, 0.3) is 27.9 Å². The number of H-pyrrole nitrogens is 1. The summed E-state index contributed by atoms with van der Waals surface area (Å²) in [6, 6.07) is 9.21. The molecule has 0 bridgehead atoms. The number of rotatable bonds is 9. The van der Waals surface area contributed by atoms with Crippen molar-refractivity contribution in [2.24, 2.45) is 7.05 Å². The average molecular weight is 513 g/mol. The number of nitrogens with zero attached hydrogens (tertiary/aromatic N) is 3. The van der Waals surface area contributed by atoms with Gasteiger partial charge < -0.3 is 25.1 Å². The molecule has 35 heavy (non-hydrogen) atoms. The maximum Gasteiger partial charge on any atom is 0.258 e. The molecule has 0 aliphatic carbocycles. The zero-order chi connectivity index (χ0) is 25.1. The lowest BCUT2D eigenvalue weighted by molar-refractivity contribution is 0.363. The topological polar surface area (TPSA) is 78.0 Å². The molecule has 0 fully saturated rings. The molecule has 4 aromatic rings. The van der Waals surface area contributed by atoms with Gasteiger partial charge in [0.25, 0.3) is 5.56 Å². The van der Waals surface area contributed by atoms with Crippen molar-refractivity contribution < 1.29 is 0 Å². The van der Waals surface area contributed by atoms with Crippen molar-refractivity contribution in [2.45, 2.75) is 13.3 Å². The smallest absolute Gasteiger partial charge is 0.258 e. The van der Waals surface area contributed by atoms with E-state index in [0.717, 1.165) is 48.2 Å². The first kappa shape index (κ1) is 25.3. The molecule has 0 saturated heterocycles. The van der Waals surface area contributed by atoms with Crippen LogP contribution in [-0.4, -0.2) is 53.2 Å². The van der Waals surface area contributed by atoms with Gasteiger partial charge in [0.15, 0.2) is 0 Å². The van der Waals surface area contributed by atoms with Crippen molar-refractivity contribution in [3.05, 3.63) is 68.1 Å². The molecule has 0 atom stereocenters. The number of aryl methyl sites for hydroxylation is 2. The maximum atomic E-state index is 13.3. The molecular formula is C26H30Cl2N6O. The zero-order valence-electron chi connectivity index (χ0n) is 20.4. The largest absolute Gasteiger partial charge is 0.323 e. The first-order valence-electron chi connectivity index (χ1n) is 11.5. The van der Waals surface area contributed by atoms with Crippen LogP contribution in [0.1, 0.15) is 17.7 Å². The van der Waals surface area contributed by atoms with E-state index in [2.05, 4.69) is 33.6 Å². The minimum absolute atomic E-state index is 0.149. The minimum Gasteiger partial charge on any atom is -0.323 e. The molecule has 9 heteroatoms. The van der Waals surface area contributed by atoms with Gasteiger partial charge in [-0.25, -0.2) is 4.98 Å². The Morgan fingerprint density at radius 1 is 1.20 bits per heavy atom. The molecule has 0 amide bonds. The fourth-order valence-electron chi connectivity index (χ4n) is 4.25. The third kappa shape index (κ3) is 5.23. The number of hydrogen-bond donors (Lipinski definition) is 3. The second-order valence-corrected chi connectivity index (χ2v) is 9.50. The Morgan fingerprint density at radius 2 is 1.94 bits per heavy atom. The summed E-state index contributed by atoms with van der Waals surface area (Å²) in [6.07, 6.45) is 5.17. The van der Waals surface area contributed by atoms with Crippen molar-refractivity contribution >= 4 is 62.7 Å². The monoisotopic (exact) mass is 512 g/mol. The Labute approximate surface area is 214 Å². The summed E-state index contributed by atoms with van der Waals surface area (Å²) in [7, 11) is 5.93. The van der Waals surface area contributed by atoms with E-state index in [1.807, 2.05) is 43.8 Å². The summed E-state index contributed by atoms with van der Waals surface area (Å²) >= 11 is 12.7. The van der Waals surface area contributed by atoms with Gasteiger partial charge in [0.1, 0.15) is 0 Å². The highest BCUT2D eigenvalue weighted by molar-refractivity contribution is 6.39. The first-order valence-corrected chi connectivity index (χ1v) is 12.3. The molecule has 7 nitrogen and oxygen atoms in total. The second-order valence-electron chi connectivity index (χ2n) is 8.69. The first-order chi connectivity index (χ1) is 16.8. The van der Waals surface area contributed by atoms with Crippen LogP contribution in [0.2, 0.25) is 10.0 Å². The summed E-state index contributed by atoms with van der Waals surface area (Å²) in [5.74, 6) is 0.546. The third-order valence-electron chi connectivity index (χ3n) is 6.19. The zero-order valence-corrected chi connectivity index (χ0v) is 21.9. The number of halogens is 2. The number of anilines is 2. The van der Waals surface area contributed by atoms with Crippen LogP contribution in [-0.2, 0) is 7.05 Å². The molecule has 0 aliphatic heterocycles. The van der Waals surface area contributed by atoms with Gasteiger partial charge in [-0.3, -0.25) is 4.79 Å². The molecule has 2 aromatic heterocycles. The van der Waals surface area contributed by atoms with Gasteiger partial charge in [0.2, 0.25) is 5.95 Å². The van der Waals surface area contributed by atoms with E-state index in [9.17, 15) is 4.79 Å². The number of aromatic amines is 1. The molecule has 0 unspecified atom stereocenters. The molecule has 2 heterocycles. The average Bonchev–Trinajstić information content (AvgIpc) is 3.14. The number of imidazole rings is 1. The highest BCUT2D eigenvalue weighted by atomic mass is 35.5. The lowest BCUT2D eigenvalue weighted by Crippen LogP contribution is -2.22. The summed E-state index contributed by atoms with van der Waals surface area (Å²) < 4.78 is 1.86. The van der Waals surface area contributed by atoms with Gasteiger partial charge in [-0.1, -0.05) is 41.4 Å². The Hall–Kier alpha value is -2.84. The molecule has 184 valence electrons. The van der Waals surface area contributed by atoms with Crippen molar-refractivity contribution in [2.75, 3.05) is 39.0 Å². The number of aromatic nitrogens is 3. The highest BCUT2D eigenvalue weighted by Gasteiger charge is 2.17. The van der Waals surface area contributed by atoms with Crippen molar-refractivity contribution in [3.8, 4) is 0 Å². The normalized spacial score (nSPS) is 12.0. The minimum atomic E-state index is -0.149. The molecule has 0 aliphatic rings. The van der Waals surface area contributed by atoms with Gasteiger partial charge in [0, 0.05) is 19.3 Å². The standard InChI is InChI=1S/C26H30Cl2N6O/c1-16-17-11-12-21-24(34(4)26(31-21)32-23-18(27)8-5-9-19(23)28)22(17)25(35)30-20(16)10-6-14-33(3)15-7-13-29-2/h5-6,8-12,29H,7,13-15H2,1-4H3,(H,30,35)(H,31,32). The van der Waals surface area contributed by atoms with Crippen molar-refractivity contribution in [1.29, 1.82) is 0 Å². The Kier molecular flexibility index (Phi) is 7.82. The van der Waals surface area contributed by atoms with Gasteiger partial charge in [-0.2, -0.15) is 0 Å². The number of pyridine rings is 1. The lowest BCUT2D eigenvalue weighted by atomic mass is 10.0. The summed E-state index contributed by atoms with van der Waals surface area (Å²) in [4.78, 5) is 23.3. The van der Waals surface area contributed by atoms with Crippen molar-refractivity contribution in [1.82, 2.24) is 24.8 Å². The van der Waals surface area contributed by atoms with E-state index < -0.39 is 0 Å². The van der Waals surface area contributed by atoms with Gasteiger partial charge >= 0.3 is 0 Å². The maximum absolute atomic E-state index is 13.3. The number of likely N-dealkylation sites (N-methyl/N-ethyl adjacent to an activating group) is 1. The lowest BCUT2D eigenvalue weighted by Gasteiger charge is -2.14. The van der Waals surface area contributed by atoms with E-state index in [1.165, 1.54) is 0 Å². The van der Waals surface area contributed by atoms with Gasteiger partial charge in [-0.15, -0.1) is 0 Å². The van der Waals surface area contributed by atoms with E-state index >= 15 is 0 Å². The molecule has 3 N–H and O–H groups in total. The highest BCUT2D eigenvalue weighted by Crippen LogP contribution is 2.34. The molecule has 4 rings (SSSR count).